The number of aliphatic hydroxyl groups is 1. The fourth-order valence-corrected chi connectivity index (χ4v) is 5.20. The number of amides is 1. The minimum Gasteiger partial charge on any atom is -0.467 e. The first-order valence-corrected chi connectivity index (χ1v) is 12.7. The number of aromatic nitrogens is 4. The number of alkyl halides is 1. The van der Waals surface area contributed by atoms with Gasteiger partial charge in [0, 0.05) is 29.8 Å². The Hall–Kier alpha value is -3.27. The molecule has 1 aliphatic carbocycles. The molecule has 2 fully saturated rings. The standard InChI is InChI=1S/C27H34FN5O4/c1-15-8-17-13-29-33(24-12-22(16-9-18(34)10-16)30-25(31-24)36-5)23(17)11-20(15)19-6-7-32(14-21(19)28)26(35)37-27(2,3)4/h8,11-13,16,18-19,21,34H,6-7,9-10,14H2,1-5H3/t16-,18-,19?,21?. The van der Waals surface area contributed by atoms with E-state index in [2.05, 4.69) is 15.1 Å². The number of benzene rings is 1. The van der Waals surface area contributed by atoms with Crippen LogP contribution in [0.1, 0.15) is 68.7 Å². The average Bonchev–Trinajstić information content (AvgIpc) is 3.22. The smallest absolute Gasteiger partial charge is 0.410 e. The molecule has 5 rings (SSSR count). The number of piperidine rings is 1. The Morgan fingerprint density at radius 3 is 2.59 bits per heavy atom. The normalized spacial score (nSPS) is 24.1. The molecule has 1 saturated heterocycles. The number of hydrogen-bond donors (Lipinski definition) is 1. The molecular weight excluding hydrogens is 477 g/mol. The molecule has 2 aliphatic rings. The molecule has 0 spiro atoms. The third-order valence-electron chi connectivity index (χ3n) is 7.19. The number of halogens is 1. The lowest BCUT2D eigenvalue weighted by molar-refractivity contribution is 0.0111. The second kappa shape index (κ2) is 9.55. The number of fused-ring (bicyclic) bond motifs is 1. The maximum atomic E-state index is 15.5. The Kier molecular flexibility index (Phi) is 6.55. The van der Waals surface area contributed by atoms with Gasteiger partial charge in [-0.2, -0.15) is 15.1 Å². The molecule has 0 bridgehead atoms. The number of aliphatic hydroxyl groups excluding tert-OH is 1. The van der Waals surface area contributed by atoms with Crippen LogP contribution in [0.25, 0.3) is 16.7 Å². The number of carbonyl (C=O) groups excluding carboxylic acids is 1. The number of likely N-dealkylation sites (tertiary alicyclic amines) is 1. The zero-order valence-electron chi connectivity index (χ0n) is 21.9. The van der Waals surface area contributed by atoms with E-state index in [0.717, 1.165) is 27.7 Å². The summed E-state index contributed by atoms with van der Waals surface area (Å²) in [6.07, 6.45) is 1.57. The highest BCUT2D eigenvalue weighted by molar-refractivity contribution is 5.82. The highest BCUT2D eigenvalue weighted by atomic mass is 19.1. The third-order valence-corrected chi connectivity index (χ3v) is 7.19. The van der Waals surface area contributed by atoms with Gasteiger partial charge < -0.3 is 19.5 Å². The molecule has 9 nitrogen and oxygen atoms in total. The molecule has 198 valence electrons. The van der Waals surface area contributed by atoms with Crippen molar-refractivity contribution < 1.29 is 23.8 Å². The number of aryl methyl sites for hydroxylation is 1. The van der Waals surface area contributed by atoms with E-state index in [1.165, 1.54) is 12.0 Å². The summed E-state index contributed by atoms with van der Waals surface area (Å²) in [5.41, 5.74) is 2.87. The van der Waals surface area contributed by atoms with Gasteiger partial charge in [0.15, 0.2) is 5.82 Å². The van der Waals surface area contributed by atoms with Crippen LogP contribution in [0.5, 0.6) is 6.01 Å². The monoisotopic (exact) mass is 511 g/mol. The van der Waals surface area contributed by atoms with E-state index in [9.17, 15) is 9.90 Å². The zero-order chi connectivity index (χ0) is 26.5. The van der Waals surface area contributed by atoms with Gasteiger partial charge in [0.25, 0.3) is 0 Å². The van der Waals surface area contributed by atoms with Crippen LogP contribution in [0.3, 0.4) is 0 Å². The molecule has 1 amide bonds. The number of rotatable bonds is 4. The quantitative estimate of drug-likeness (QED) is 0.553. The first kappa shape index (κ1) is 25.4. The summed E-state index contributed by atoms with van der Waals surface area (Å²) in [5, 5.41) is 15.2. The van der Waals surface area contributed by atoms with Crippen LogP contribution in [0, 0.1) is 6.92 Å². The van der Waals surface area contributed by atoms with Crippen molar-refractivity contribution in [1.29, 1.82) is 0 Å². The van der Waals surface area contributed by atoms with Gasteiger partial charge in [-0.25, -0.2) is 13.9 Å². The van der Waals surface area contributed by atoms with E-state index in [1.807, 2.05) is 25.1 Å². The fourth-order valence-electron chi connectivity index (χ4n) is 5.20. The number of carbonyl (C=O) groups is 1. The van der Waals surface area contributed by atoms with Crippen LogP contribution in [0.15, 0.2) is 24.4 Å². The van der Waals surface area contributed by atoms with E-state index in [4.69, 9.17) is 9.47 Å². The van der Waals surface area contributed by atoms with Crippen LogP contribution in [0.2, 0.25) is 0 Å². The van der Waals surface area contributed by atoms with Crippen molar-refractivity contribution in [2.75, 3.05) is 20.2 Å². The Morgan fingerprint density at radius 1 is 1.19 bits per heavy atom. The lowest BCUT2D eigenvalue weighted by atomic mass is 9.80. The topological polar surface area (TPSA) is 103 Å². The number of hydrogen-bond acceptors (Lipinski definition) is 7. The van der Waals surface area contributed by atoms with Gasteiger partial charge in [-0.05, 0) is 70.2 Å². The summed E-state index contributed by atoms with van der Waals surface area (Å²) in [7, 11) is 1.52. The maximum absolute atomic E-state index is 15.5. The summed E-state index contributed by atoms with van der Waals surface area (Å²) >= 11 is 0. The van der Waals surface area contributed by atoms with Gasteiger partial charge in [0.05, 0.1) is 37.2 Å². The van der Waals surface area contributed by atoms with Crippen LogP contribution >= 0.6 is 0 Å². The molecule has 10 heteroatoms. The summed E-state index contributed by atoms with van der Waals surface area (Å²) in [6, 6.07) is 6.12. The van der Waals surface area contributed by atoms with Crippen LogP contribution in [-0.2, 0) is 4.74 Å². The largest absolute Gasteiger partial charge is 0.467 e. The predicted molar refractivity (Wildman–Crippen MR) is 136 cm³/mol. The van der Waals surface area contributed by atoms with E-state index in [-0.39, 0.29) is 30.5 Å². The minimum absolute atomic E-state index is 0.00394. The second-order valence-corrected chi connectivity index (χ2v) is 11.1. The number of ether oxygens (including phenoxy) is 2. The van der Waals surface area contributed by atoms with Crippen LogP contribution in [-0.4, -0.2) is 73.9 Å². The lowest BCUT2D eigenvalue weighted by Gasteiger charge is -2.36. The highest BCUT2D eigenvalue weighted by Crippen LogP contribution is 2.38. The first-order chi connectivity index (χ1) is 17.5. The molecule has 3 aromatic rings. The predicted octanol–water partition coefficient (Wildman–Crippen LogP) is 4.43. The molecule has 0 radical (unpaired) electrons. The van der Waals surface area contributed by atoms with Crippen molar-refractivity contribution in [3.63, 3.8) is 0 Å². The van der Waals surface area contributed by atoms with Crippen molar-refractivity contribution in [2.45, 2.75) is 76.7 Å². The Labute approximate surface area is 215 Å². The summed E-state index contributed by atoms with van der Waals surface area (Å²) in [4.78, 5) is 22.9. The molecule has 3 heterocycles. The zero-order valence-corrected chi connectivity index (χ0v) is 21.9. The SMILES string of the molecule is COc1nc(-n2ncc3cc(C)c(C4CCN(C(=O)OC(C)(C)C)CC4F)cc32)cc([C@H]2C[C@H](O)C2)n1. The lowest BCUT2D eigenvalue weighted by Crippen LogP contribution is -2.46. The molecule has 2 aromatic heterocycles. The van der Waals surface area contributed by atoms with Crippen molar-refractivity contribution in [1.82, 2.24) is 24.6 Å². The van der Waals surface area contributed by atoms with Gasteiger partial charge in [-0.15, -0.1) is 0 Å². The third kappa shape index (κ3) is 5.12. The van der Waals surface area contributed by atoms with E-state index in [0.29, 0.717) is 31.6 Å². The highest BCUT2D eigenvalue weighted by Gasteiger charge is 2.35. The second-order valence-electron chi connectivity index (χ2n) is 11.1. The molecule has 1 saturated carbocycles. The average molecular weight is 512 g/mol. The Bertz CT molecular complexity index is 1310. The summed E-state index contributed by atoms with van der Waals surface area (Å²) in [5.74, 6) is 0.357. The summed E-state index contributed by atoms with van der Waals surface area (Å²) in [6.45, 7) is 7.81. The molecular formula is C27H34FN5O4. The van der Waals surface area contributed by atoms with Crippen molar-refractivity contribution in [2.24, 2.45) is 0 Å². The molecule has 2 unspecified atom stereocenters. The van der Waals surface area contributed by atoms with Crippen LogP contribution < -0.4 is 4.74 Å². The molecule has 1 aliphatic heterocycles. The fraction of sp³-hybridized carbons (Fsp3) is 0.556. The van der Waals surface area contributed by atoms with Gasteiger partial charge in [0.2, 0.25) is 0 Å². The number of nitrogens with zero attached hydrogens (tertiary/aromatic N) is 5. The van der Waals surface area contributed by atoms with Gasteiger partial charge in [-0.3, -0.25) is 0 Å². The molecule has 37 heavy (non-hydrogen) atoms. The Morgan fingerprint density at radius 2 is 1.95 bits per heavy atom. The maximum Gasteiger partial charge on any atom is 0.410 e. The Balaban J connectivity index is 1.44. The first-order valence-electron chi connectivity index (χ1n) is 12.7. The molecule has 1 aromatic carbocycles. The number of methoxy groups -OCH3 is 1. The molecule has 1 N–H and O–H groups in total. The van der Waals surface area contributed by atoms with Crippen molar-refractivity contribution in [3.8, 4) is 11.8 Å². The van der Waals surface area contributed by atoms with Crippen molar-refractivity contribution in [3.05, 3.63) is 41.2 Å². The molecule has 2 atom stereocenters. The van der Waals surface area contributed by atoms with Gasteiger partial charge in [0.1, 0.15) is 11.8 Å². The van der Waals surface area contributed by atoms with Gasteiger partial charge >= 0.3 is 12.1 Å². The van der Waals surface area contributed by atoms with Crippen molar-refractivity contribution >= 4 is 17.0 Å². The minimum atomic E-state index is -1.22. The van der Waals surface area contributed by atoms with E-state index < -0.39 is 17.9 Å². The van der Waals surface area contributed by atoms with Crippen LogP contribution in [0.4, 0.5) is 9.18 Å². The summed E-state index contributed by atoms with van der Waals surface area (Å²) < 4.78 is 28.0. The van der Waals surface area contributed by atoms with E-state index in [1.54, 1.807) is 31.6 Å². The van der Waals surface area contributed by atoms with E-state index >= 15 is 4.39 Å². The van der Waals surface area contributed by atoms with Gasteiger partial charge in [-0.1, -0.05) is 0 Å².